The van der Waals surface area contributed by atoms with Crippen molar-refractivity contribution in [2.24, 2.45) is 0 Å². The maximum Gasteiger partial charge on any atom is 0.235 e. The van der Waals surface area contributed by atoms with Crippen molar-refractivity contribution in [2.45, 2.75) is 44.1 Å². The SMILES string of the molecule is CC(C)(C)S(=O)(=O)CC(=O)N[C@H]1c2ccccc2C[C@H]1O. The Morgan fingerprint density at radius 1 is 1.33 bits per heavy atom. The standard InChI is InChI=1S/C15H21NO4S/c1-15(2,3)21(19,20)9-13(18)16-14-11-7-5-4-6-10(11)8-12(14)17/h4-7,12,14,17H,8-9H2,1-3H3,(H,16,18)/t12-,14+/m1/s1. The molecule has 5 nitrogen and oxygen atoms in total. The molecule has 1 amide bonds. The van der Waals surface area contributed by atoms with Gasteiger partial charge in [-0.25, -0.2) is 8.42 Å². The average Bonchev–Trinajstić information content (AvgIpc) is 2.64. The highest BCUT2D eigenvalue weighted by Gasteiger charge is 2.35. The molecule has 0 saturated carbocycles. The van der Waals surface area contributed by atoms with Crippen LogP contribution in [-0.2, 0) is 21.1 Å². The first-order chi connectivity index (χ1) is 9.62. The predicted octanol–water partition coefficient (Wildman–Crippen LogP) is 0.974. The molecular weight excluding hydrogens is 290 g/mol. The number of amides is 1. The first kappa shape index (κ1) is 16.0. The summed E-state index contributed by atoms with van der Waals surface area (Å²) in [6, 6.07) is 6.91. The van der Waals surface area contributed by atoms with Crippen molar-refractivity contribution in [3.8, 4) is 0 Å². The van der Waals surface area contributed by atoms with Crippen LogP contribution in [-0.4, -0.2) is 36.0 Å². The molecule has 0 unspecified atom stereocenters. The van der Waals surface area contributed by atoms with Crippen LogP contribution in [0.4, 0.5) is 0 Å². The number of carbonyl (C=O) groups is 1. The Morgan fingerprint density at radius 3 is 2.57 bits per heavy atom. The van der Waals surface area contributed by atoms with Crippen molar-refractivity contribution in [2.75, 3.05) is 5.75 Å². The van der Waals surface area contributed by atoms with Gasteiger partial charge >= 0.3 is 0 Å². The van der Waals surface area contributed by atoms with Crippen molar-refractivity contribution in [1.82, 2.24) is 5.32 Å². The van der Waals surface area contributed by atoms with Crippen molar-refractivity contribution in [1.29, 1.82) is 0 Å². The Hall–Kier alpha value is -1.40. The fraction of sp³-hybridized carbons (Fsp3) is 0.533. The van der Waals surface area contributed by atoms with Crippen LogP contribution in [0, 0.1) is 0 Å². The largest absolute Gasteiger partial charge is 0.390 e. The van der Waals surface area contributed by atoms with E-state index in [4.69, 9.17) is 0 Å². The van der Waals surface area contributed by atoms with Crippen LogP contribution in [0.3, 0.4) is 0 Å². The van der Waals surface area contributed by atoms with E-state index in [1.165, 1.54) is 0 Å². The third-order valence-corrected chi connectivity index (χ3v) is 6.28. The zero-order valence-electron chi connectivity index (χ0n) is 12.5. The molecule has 1 aromatic carbocycles. The van der Waals surface area contributed by atoms with Crippen molar-refractivity contribution >= 4 is 15.7 Å². The zero-order chi connectivity index (χ0) is 15.8. The molecule has 116 valence electrons. The zero-order valence-corrected chi connectivity index (χ0v) is 13.3. The third-order valence-electron chi connectivity index (χ3n) is 3.77. The number of rotatable bonds is 3. The van der Waals surface area contributed by atoms with Crippen LogP contribution in [0.1, 0.15) is 37.9 Å². The lowest BCUT2D eigenvalue weighted by atomic mass is 10.1. The number of fused-ring (bicyclic) bond motifs is 1. The summed E-state index contributed by atoms with van der Waals surface area (Å²) in [7, 11) is -3.53. The number of aliphatic hydroxyl groups is 1. The molecule has 0 aromatic heterocycles. The fourth-order valence-electron chi connectivity index (χ4n) is 2.35. The summed E-state index contributed by atoms with van der Waals surface area (Å²) in [5, 5.41) is 12.7. The van der Waals surface area contributed by atoms with Gasteiger partial charge in [0.25, 0.3) is 0 Å². The molecule has 1 aromatic rings. The Labute approximate surface area is 125 Å². The highest BCUT2D eigenvalue weighted by Crippen LogP contribution is 2.31. The first-order valence-electron chi connectivity index (χ1n) is 6.89. The summed E-state index contributed by atoms with van der Waals surface area (Å²) in [6.07, 6.45) is -0.253. The Kier molecular flexibility index (Phi) is 4.13. The number of carbonyl (C=O) groups excluding carboxylic acids is 1. The van der Waals surface area contributed by atoms with Gasteiger partial charge in [0.2, 0.25) is 5.91 Å². The lowest BCUT2D eigenvalue weighted by Crippen LogP contribution is -2.41. The van der Waals surface area contributed by atoms with Gasteiger partial charge in [-0.15, -0.1) is 0 Å². The van der Waals surface area contributed by atoms with E-state index in [1.54, 1.807) is 20.8 Å². The van der Waals surface area contributed by atoms with E-state index in [1.807, 2.05) is 24.3 Å². The first-order valence-corrected chi connectivity index (χ1v) is 8.54. The van der Waals surface area contributed by atoms with E-state index in [0.29, 0.717) is 6.42 Å². The summed E-state index contributed by atoms with van der Waals surface area (Å²) in [4.78, 5) is 12.0. The molecule has 21 heavy (non-hydrogen) atoms. The summed E-state index contributed by atoms with van der Waals surface area (Å²) >= 11 is 0. The molecule has 2 rings (SSSR count). The van der Waals surface area contributed by atoms with E-state index in [9.17, 15) is 18.3 Å². The molecule has 0 fully saturated rings. The molecule has 6 heteroatoms. The highest BCUT2D eigenvalue weighted by molar-refractivity contribution is 7.93. The monoisotopic (exact) mass is 311 g/mol. The molecular formula is C15H21NO4S. The van der Waals surface area contributed by atoms with Gasteiger partial charge in [0, 0.05) is 6.42 Å². The fourth-order valence-corrected chi connectivity index (χ4v) is 3.21. The molecule has 0 radical (unpaired) electrons. The predicted molar refractivity (Wildman–Crippen MR) is 80.6 cm³/mol. The summed E-state index contributed by atoms with van der Waals surface area (Å²) < 4.78 is 23.1. The number of nitrogens with one attached hydrogen (secondary N) is 1. The van der Waals surface area contributed by atoms with Gasteiger partial charge < -0.3 is 10.4 Å². The Morgan fingerprint density at radius 2 is 1.95 bits per heavy atom. The molecule has 2 atom stereocenters. The van der Waals surface area contributed by atoms with Crippen molar-refractivity contribution in [3.63, 3.8) is 0 Å². The number of benzene rings is 1. The van der Waals surface area contributed by atoms with Crippen molar-refractivity contribution in [3.05, 3.63) is 35.4 Å². The van der Waals surface area contributed by atoms with E-state index in [2.05, 4.69) is 5.32 Å². The van der Waals surface area contributed by atoms with Crippen LogP contribution in [0.5, 0.6) is 0 Å². The topological polar surface area (TPSA) is 83.5 Å². The molecule has 0 bridgehead atoms. The quantitative estimate of drug-likeness (QED) is 0.871. The summed E-state index contributed by atoms with van der Waals surface area (Å²) in [5.41, 5.74) is 1.83. The van der Waals surface area contributed by atoms with Gasteiger partial charge in [-0.05, 0) is 31.9 Å². The maximum atomic E-state index is 12.0. The van der Waals surface area contributed by atoms with E-state index < -0.39 is 38.4 Å². The minimum Gasteiger partial charge on any atom is -0.390 e. The van der Waals surface area contributed by atoms with Crippen LogP contribution >= 0.6 is 0 Å². The number of hydrogen-bond acceptors (Lipinski definition) is 4. The highest BCUT2D eigenvalue weighted by atomic mass is 32.2. The molecule has 1 aliphatic carbocycles. The minimum absolute atomic E-state index is 0.465. The van der Waals surface area contributed by atoms with Gasteiger partial charge in [-0.2, -0.15) is 0 Å². The second-order valence-corrected chi connectivity index (χ2v) is 9.13. The van der Waals surface area contributed by atoms with Crippen LogP contribution in [0.25, 0.3) is 0 Å². The molecule has 1 aliphatic rings. The Bertz CT molecular complexity index is 646. The lowest BCUT2D eigenvalue weighted by molar-refractivity contribution is -0.120. The maximum absolute atomic E-state index is 12.0. The van der Waals surface area contributed by atoms with Crippen LogP contribution in [0.2, 0.25) is 0 Å². The summed E-state index contributed by atoms with van der Waals surface area (Å²) in [6.45, 7) is 4.69. The smallest absolute Gasteiger partial charge is 0.235 e. The van der Waals surface area contributed by atoms with Gasteiger partial charge in [0.05, 0.1) is 16.9 Å². The van der Waals surface area contributed by atoms with Gasteiger partial charge in [0.15, 0.2) is 9.84 Å². The minimum atomic E-state index is -3.53. The van der Waals surface area contributed by atoms with Gasteiger partial charge in [0.1, 0.15) is 5.75 Å². The van der Waals surface area contributed by atoms with Crippen molar-refractivity contribution < 1.29 is 18.3 Å². The molecule has 0 saturated heterocycles. The lowest BCUT2D eigenvalue weighted by Gasteiger charge is -2.21. The van der Waals surface area contributed by atoms with E-state index in [-0.39, 0.29) is 0 Å². The molecule has 0 heterocycles. The molecule has 0 aliphatic heterocycles. The normalized spacial score (nSPS) is 21.9. The van der Waals surface area contributed by atoms with Gasteiger partial charge in [-0.3, -0.25) is 4.79 Å². The van der Waals surface area contributed by atoms with Gasteiger partial charge in [-0.1, -0.05) is 24.3 Å². The molecule has 2 N–H and O–H groups in total. The van der Waals surface area contributed by atoms with E-state index in [0.717, 1.165) is 11.1 Å². The number of aliphatic hydroxyl groups excluding tert-OH is 1. The van der Waals surface area contributed by atoms with E-state index >= 15 is 0 Å². The second kappa shape index (κ2) is 5.42. The average molecular weight is 311 g/mol. The summed E-state index contributed by atoms with van der Waals surface area (Å²) in [5.74, 6) is -1.15. The van der Waals surface area contributed by atoms with Crippen LogP contribution in [0.15, 0.2) is 24.3 Å². The Balaban J connectivity index is 2.11. The second-order valence-electron chi connectivity index (χ2n) is 6.39. The number of hydrogen-bond donors (Lipinski definition) is 2. The third kappa shape index (κ3) is 3.27. The number of sulfone groups is 1. The molecule has 0 spiro atoms. The van der Waals surface area contributed by atoms with Crippen LogP contribution < -0.4 is 5.32 Å².